The van der Waals surface area contributed by atoms with E-state index in [0.29, 0.717) is 0 Å². The summed E-state index contributed by atoms with van der Waals surface area (Å²) in [7, 11) is -4.15. The van der Waals surface area contributed by atoms with E-state index < -0.39 is 27.9 Å². The summed E-state index contributed by atoms with van der Waals surface area (Å²) in [5.41, 5.74) is 4.91. The van der Waals surface area contributed by atoms with Crippen LogP contribution >= 0.6 is 23.2 Å². The Labute approximate surface area is 131 Å². The summed E-state index contributed by atoms with van der Waals surface area (Å²) < 4.78 is 26.1. The molecule has 0 aliphatic carbocycles. The van der Waals surface area contributed by atoms with E-state index in [1.165, 1.54) is 6.07 Å². The molecule has 10 heteroatoms. The Morgan fingerprint density at radius 3 is 2.19 bits per heavy atom. The molecule has 1 aromatic rings. The topological polar surface area (TPSA) is 127 Å². The van der Waals surface area contributed by atoms with Gasteiger partial charge >= 0.3 is 5.97 Å². The number of carboxylic acid groups (broad SMARTS) is 1. The van der Waals surface area contributed by atoms with Crippen LogP contribution in [0.3, 0.4) is 0 Å². The summed E-state index contributed by atoms with van der Waals surface area (Å²) in [6.07, 6.45) is -0.534. The van der Waals surface area contributed by atoms with Crippen LogP contribution in [0, 0.1) is 0 Å². The molecular formula is C11H12Cl2N2O5S. The van der Waals surface area contributed by atoms with Crippen LogP contribution in [-0.4, -0.2) is 31.4 Å². The molecule has 7 nitrogen and oxygen atoms in total. The lowest BCUT2D eigenvalue weighted by Crippen LogP contribution is -2.41. The molecule has 1 unspecified atom stereocenters. The van der Waals surface area contributed by atoms with Gasteiger partial charge < -0.3 is 10.8 Å². The predicted octanol–water partition coefficient (Wildman–Crippen LogP) is 0.990. The van der Waals surface area contributed by atoms with Crippen molar-refractivity contribution in [2.75, 3.05) is 0 Å². The smallest absolute Gasteiger partial charge is 0.321 e. The summed E-state index contributed by atoms with van der Waals surface area (Å²) in [5.74, 6) is -2.15. The van der Waals surface area contributed by atoms with Crippen LogP contribution in [0.5, 0.6) is 0 Å². The number of nitrogens with two attached hydrogens (primary N) is 1. The predicted molar refractivity (Wildman–Crippen MR) is 76.6 cm³/mol. The summed E-state index contributed by atoms with van der Waals surface area (Å²) >= 11 is 11.4. The maximum absolute atomic E-state index is 12.1. The van der Waals surface area contributed by atoms with Gasteiger partial charge in [0.1, 0.15) is 6.04 Å². The lowest BCUT2D eigenvalue weighted by molar-refractivity contribution is -0.139. The second-order valence-electron chi connectivity index (χ2n) is 4.12. The summed E-state index contributed by atoms with van der Waals surface area (Å²) in [6.45, 7) is 0. The zero-order valence-corrected chi connectivity index (χ0v) is 12.9. The number of carbonyl (C=O) groups excluding carboxylic acids is 1. The second kappa shape index (κ2) is 7.08. The third-order valence-corrected chi connectivity index (χ3v) is 4.31. The number of amides is 1. The number of hydrogen-bond acceptors (Lipinski definition) is 4. The first-order chi connectivity index (χ1) is 9.61. The molecule has 0 radical (unpaired) electrons. The average molecular weight is 355 g/mol. The Morgan fingerprint density at radius 2 is 1.76 bits per heavy atom. The fourth-order valence-electron chi connectivity index (χ4n) is 1.46. The quantitative estimate of drug-likeness (QED) is 0.672. The van der Waals surface area contributed by atoms with E-state index in [4.69, 9.17) is 34.0 Å². The zero-order valence-electron chi connectivity index (χ0n) is 10.5. The van der Waals surface area contributed by atoms with Gasteiger partial charge in [-0.15, -0.1) is 0 Å². The first-order valence-corrected chi connectivity index (χ1v) is 7.85. The van der Waals surface area contributed by atoms with Gasteiger partial charge in [-0.05, 0) is 24.6 Å². The minimum absolute atomic E-state index is 0.0897. The fourth-order valence-corrected chi connectivity index (χ4v) is 3.41. The van der Waals surface area contributed by atoms with Crippen LogP contribution in [0.4, 0.5) is 0 Å². The maximum atomic E-state index is 12.1. The normalized spacial score (nSPS) is 12.9. The number of nitrogens with one attached hydrogen (secondary N) is 1. The van der Waals surface area contributed by atoms with E-state index in [1.807, 2.05) is 4.72 Å². The van der Waals surface area contributed by atoms with E-state index in [1.54, 1.807) is 0 Å². The van der Waals surface area contributed by atoms with Crippen molar-refractivity contribution >= 4 is 45.1 Å². The molecule has 0 saturated carbocycles. The first-order valence-electron chi connectivity index (χ1n) is 5.61. The number of halogens is 2. The highest BCUT2D eigenvalue weighted by molar-refractivity contribution is 7.89. The molecule has 0 saturated heterocycles. The molecule has 0 spiro atoms. The molecule has 0 bridgehead atoms. The van der Waals surface area contributed by atoms with Crippen LogP contribution in [0.25, 0.3) is 0 Å². The van der Waals surface area contributed by atoms with Gasteiger partial charge in [0.15, 0.2) is 0 Å². The molecule has 0 aliphatic heterocycles. The summed E-state index contributed by atoms with van der Waals surface area (Å²) in [4.78, 5) is 21.4. The molecule has 0 aromatic heterocycles. The molecule has 4 N–H and O–H groups in total. The van der Waals surface area contributed by atoms with Gasteiger partial charge in [-0.25, -0.2) is 8.42 Å². The van der Waals surface area contributed by atoms with Crippen molar-refractivity contribution in [1.82, 2.24) is 4.72 Å². The van der Waals surface area contributed by atoms with Crippen LogP contribution in [0.1, 0.15) is 12.8 Å². The number of aliphatic carboxylic acids is 1. The Balaban J connectivity index is 3.00. The van der Waals surface area contributed by atoms with Crippen molar-refractivity contribution < 1.29 is 23.1 Å². The number of carboxylic acids is 1. The highest BCUT2D eigenvalue weighted by atomic mass is 35.5. The van der Waals surface area contributed by atoms with Gasteiger partial charge in [-0.3, -0.25) is 9.59 Å². The van der Waals surface area contributed by atoms with E-state index in [2.05, 4.69) is 0 Å². The SMILES string of the molecule is NC(=O)CCC(NS(=O)(=O)c1cc(Cl)cc(Cl)c1)C(=O)O. The van der Waals surface area contributed by atoms with Gasteiger partial charge in [0.25, 0.3) is 0 Å². The van der Waals surface area contributed by atoms with E-state index in [0.717, 1.165) is 12.1 Å². The number of rotatable bonds is 7. The largest absolute Gasteiger partial charge is 0.480 e. The number of carbonyl (C=O) groups is 2. The second-order valence-corrected chi connectivity index (χ2v) is 6.71. The van der Waals surface area contributed by atoms with Crippen molar-refractivity contribution in [2.24, 2.45) is 5.73 Å². The van der Waals surface area contributed by atoms with Gasteiger partial charge in [-0.1, -0.05) is 23.2 Å². The van der Waals surface area contributed by atoms with Gasteiger partial charge in [0.05, 0.1) is 4.90 Å². The van der Waals surface area contributed by atoms with Gasteiger partial charge in [-0.2, -0.15) is 4.72 Å². The summed E-state index contributed by atoms with van der Waals surface area (Å²) in [5, 5.41) is 9.15. The monoisotopic (exact) mass is 354 g/mol. The van der Waals surface area contributed by atoms with E-state index in [9.17, 15) is 18.0 Å². The Bertz CT molecular complexity index is 642. The Kier molecular flexibility index (Phi) is 5.97. The Hall–Kier alpha value is -1.35. The van der Waals surface area contributed by atoms with Crippen molar-refractivity contribution in [2.45, 2.75) is 23.8 Å². The molecule has 1 atom stereocenters. The molecule has 1 aromatic carbocycles. The molecule has 0 heterocycles. The standard InChI is InChI=1S/C11H12Cl2N2O5S/c12-6-3-7(13)5-8(4-6)21(19,20)15-9(11(17)18)1-2-10(14)16/h3-5,9,15H,1-2H2,(H2,14,16)(H,17,18). The number of benzene rings is 1. The van der Waals surface area contributed by atoms with Crippen molar-refractivity contribution in [3.63, 3.8) is 0 Å². The fraction of sp³-hybridized carbons (Fsp3) is 0.273. The molecule has 0 aliphatic rings. The molecule has 21 heavy (non-hydrogen) atoms. The van der Waals surface area contributed by atoms with Crippen LogP contribution in [0.15, 0.2) is 23.1 Å². The molecule has 1 rings (SSSR count). The average Bonchev–Trinajstić information content (AvgIpc) is 2.32. The van der Waals surface area contributed by atoms with E-state index in [-0.39, 0.29) is 27.8 Å². The molecule has 0 fully saturated rings. The highest BCUT2D eigenvalue weighted by Crippen LogP contribution is 2.22. The minimum Gasteiger partial charge on any atom is -0.480 e. The molecule has 1 amide bonds. The Morgan fingerprint density at radius 1 is 1.24 bits per heavy atom. The molecular weight excluding hydrogens is 343 g/mol. The zero-order chi connectivity index (χ0) is 16.2. The van der Waals surface area contributed by atoms with Gasteiger partial charge in [0.2, 0.25) is 15.9 Å². The van der Waals surface area contributed by atoms with Crippen molar-refractivity contribution in [3.8, 4) is 0 Å². The number of hydrogen-bond donors (Lipinski definition) is 3. The van der Waals surface area contributed by atoms with E-state index >= 15 is 0 Å². The first kappa shape index (κ1) is 17.7. The third kappa shape index (κ3) is 5.50. The molecule has 116 valence electrons. The van der Waals surface area contributed by atoms with Crippen molar-refractivity contribution in [3.05, 3.63) is 28.2 Å². The highest BCUT2D eigenvalue weighted by Gasteiger charge is 2.26. The third-order valence-electron chi connectivity index (χ3n) is 2.42. The van der Waals surface area contributed by atoms with Crippen molar-refractivity contribution in [1.29, 1.82) is 0 Å². The van der Waals surface area contributed by atoms with Crippen LogP contribution < -0.4 is 10.5 Å². The van der Waals surface area contributed by atoms with Gasteiger partial charge in [0, 0.05) is 16.5 Å². The minimum atomic E-state index is -4.15. The maximum Gasteiger partial charge on any atom is 0.321 e. The summed E-state index contributed by atoms with van der Waals surface area (Å²) in [6, 6.07) is 2.11. The number of sulfonamides is 1. The lowest BCUT2D eigenvalue weighted by Gasteiger charge is -2.14. The number of primary amides is 1. The lowest BCUT2D eigenvalue weighted by atomic mass is 10.2. The van der Waals surface area contributed by atoms with Crippen LogP contribution in [0.2, 0.25) is 10.0 Å². The van der Waals surface area contributed by atoms with Crippen LogP contribution in [-0.2, 0) is 19.6 Å².